The maximum atomic E-state index is 5.36. The van der Waals surface area contributed by atoms with Crippen LogP contribution < -0.4 is 20.1 Å². The average Bonchev–Trinajstić information content (AvgIpc) is 2.67. The summed E-state index contributed by atoms with van der Waals surface area (Å²) < 4.78 is 10.6. The molecule has 2 aromatic rings. The van der Waals surface area contributed by atoms with Crippen LogP contribution in [-0.4, -0.2) is 45.7 Å². The van der Waals surface area contributed by atoms with E-state index in [0.29, 0.717) is 18.0 Å². The van der Waals surface area contributed by atoms with E-state index in [9.17, 15) is 0 Å². The molecule has 6 nitrogen and oxygen atoms in total. The first kappa shape index (κ1) is 20.6. The van der Waals surface area contributed by atoms with Crippen LogP contribution in [0, 0.1) is 0 Å². The van der Waals surface area contributed by atoms with Crippen molar-refractivity contribution in [3.05, 3.63) is 53.6 Å². The third-order valence-corrected chi connectivity index (χ3v) is 3.93. The number of hydrogen-bond acceptors (Lipinski definition) is 4. The highest BCUT2D eigenvalue weighted by atomic mass is 16.5. The largest absolute Gasteiger partial charge is 0.493 e. The molecule has 27 heavy (non-hydrogen) atoms. The zero-order valence-electron chi connectivity index (χ0n) is 16.9. The van der Waals surface area contributed by atoms with E-state index >= 15 is 0 Å². The molecule has 0 aromatic heterocycles. The van der Waals surface area contributed by atoms with Gasteiger partial charge < -0.3 is 25.0 Å². The molecule has 0 atom stereocenters. The van der Waals surface area contributed by atoms with Crippen molar-refractivity contribution < 1.29 is 9.47 Å². The van der Waals surface area contributed by atoms with E-state index in [1.807, 2.05) is 25.1 Å². The second-order valence-electron chi connectivity index (χ2n) is 6.44. The summed E-state index contributed by atoms with van der Waals surface area (Å²) in [5, 5.41) is 6.58. The summed E-state index contributed by atoms with van der Waals surface area (Å²) in [5.74, 6) is 2.10. The molecular formula is C21H30N4O2. The van der Waals surface area contributed by atoms with Crippen molar-refractivity contribution in [2.75, 3.05) is 40.2 Å². The third-order valence-electron chi connectivity index (χ3n) is 3.93. The second-order valence-corrected chi connectivity index (χ2v) is 6.44. The standard InChI is InChI=1S/C21H30N4O2/c1-6-22-21(24-18-11-12-19(26-4)20(13-18)27-5)23-14-16-7-9-17(10-8-16)15-25(2)3/h7-13H,6,14-15H2,1-5H3,(H2,22,23,24). The quantitative estimate of drug-likeness (QED) is 0.551. The highest BCUT2D eigenvalue weighted by Crippen LogP contribution is 2.29. The van der Waals surface area contributed by atoms with E-state index in [1.165, 1.54) is 11.1 Å². The lowest BCUT2D eigenvalue weighted by atomic mass is 10.1. The van der Waals surface area contributed by atoms with Gasteiger partial charge in [-0.1, -0.05) is 24.3 Å². The molecule has 2 rings (SSSR count). The number of methoxy groups -OCH3 is 2. The topological polar surface area (TPSA) is 58.1 Å². The summed E-state index contributed by atoms with van der Waals surface area (Å²) in [6.45, 7) is 4.36. The predicted octanol–water partition coefficient (Wildman–Crippen LogP) is 3.34. The Hall–Kier alpha value is -2.73. The van der Waals surface area contributed by atoms with Crippen LogP contribution in [0.25, 0.3) is 0 Å². The first-order valence-corrected chi connectivity index (χ1v) is 9.05. The van der Waals surface area contributed by atoms with E-state index in [1.54, 1.807) is 14.2 Å². The molecule has 0 heterocycles. The molecule has 0 amide bonds. The van der Waals surface area contributed by atoms with E-state index in [-0.39, 0.29) is 0 Å². The molecule has 0 fully saturated rings. The Bertz CT molecular complexity index is 742. The minimum atomic E-state index is 0.602. The SMILES string of the molecule is CCNC(=NCc1ccc(CN(C)C)cc1)Nc1ccc(OC)c(OC)c1. The van der Waals surface area contributed by atoms with Gasteiger partial charge in [-0.2, -0.15) is 0 Å². The lowest BCUT2D eigenvalue weighted by Crippen LogP contribution is -2.30. The Kier molecular flexibility index (Phi) is 7.95. The minimum Gasteiger partial charge on any atom is -0.493 e. The molecule has 146 valence electrons. The minimum absolute atomic E-state index is 0.602. The van der Waals surface area contributed by atoms with Crippen LogP contribution in [0.1, 0.15) is 18.1 Å². The van der Waals surface area contributed by atoms with Crippen molar-refractivity contribution in [2.45, 2.75) is 20.0 Å². The van der Waals surface area contributed by atoms with Crippen molar-refractivity contribution in [3.8, 4) is 11.5 Å². The van der Waals surface area contributed by atoms with E-state index in [2.05, 4.69) is 58.9 Å². The van der Waals surface area contributed by atoms with Crippen LogP contribution in [0.4, 0.5) is 5.69 Å². The van der Waals surface area contributed by atoms with Gasteiger partial charge in [0.15, 0.2) is 17.5 Å². The molecule has 6 heteroatoms. The molecular weight excluding hydrogens is 340 g/mol. The van der Waals surface area contributed by atoms with Crippen LogP contribution in [0.5, 0.6) is 11.5 Å². The van der Waals surface area contributed by atoms with Gasteiger partial charge in [0.25, 0.3) is 0 Å². The lowest BCUT2D eigenvalue weighted by Gasteiger charge is -2.14. The first-order chi connectivity index (χ1) is 13.0. The zero-order valence-corrected chi connectivity index (χ0v) is 16.9. The van der Waals surface area contributed by atoms with Gasteiger partial charge >= 0.3 is 0 Å². The highest BCUT2D eigenvalue weighted by molar-refractivity contribution is 5.93. The van der Waals surface area contributed by atoms with E-state index in [4.69, 9.17) is 9.47 Å². The third kappa shape index (κ3) is 6.49. The van der Waals surface area contributed by atoms with Gasteiger partial charge in [-0.05, 0) is 44.3 Å². The summed E-state index contributed by atoms with van der Waals surface area (Å²) in [5.41, 5.74) is 3.35. The number of anilines is 1. The molecule has 2 aromatic carbocycles. The maximum Gasteiger partial charge on any atom is 0.196 e. The van der Waals surface area contributed by atoms with Crippen LogP contribution in [0.15, 0.2) is 47.5 Å². The number of benzene rings is 2. The Morgan fingerprint density at radius 1 is 0.963 bits per heavy atom. The van der Waals surface area contributed by atoms with Gasteiger partial charge in [0, 0.05) is 24.8 Å². The maximum absolute atomic E-state index is 5.36. The van der Waals surface area contributed by atoms with Crippen molar-refractivity contribution in [1.82, 2.24) is 10.2 Å². The second kappa shape index (κ2) is 10.4. The van der Waals surface area contributed by atoms with Crippen LogP contribution in [0.3, 0.4) is 0 Å². The molecule has 0 radical (unpaired) electrons. The fourth-order valence-electron chi connectivity index (χ4n) is 2.64. The molecule has 0 saturated carbocycles. The first-order valence-electron chi connectivity index (χ1n) is 9.05. The summed E-state index contributed by atoms with van der Waals surface area (Å²) in [7, 11) is 7.39. The number of aliphatic imine (C=N–C) groups is 1. The molecule has 0 aliphatic carbocycles. The average molecular weight is 370 g/mol. The number of ether oxygens (including phenoxy) is 2. The van der Waals surface area contributed by atoms with Crippen molar-refractivity contribution in [1.29, 1.82) is 0 Å². The van der Waals surface area contributed by atoms with Gasteiger partial charge in [0.1, 0.15) is 0 Å². The number of nitrogens with zero attached hydrogens (tertiary/aromatic N) is 2. The molecule has 0 aliphatic heterocycles. The molecule has 0 unspecified atom stereocenters. The van der Waals surface area contributed by atoms with Gasteiger partial charge in [-0.3, -0.25) is 0 Å². The Morgan fingerprint density at radius 2 is 1.63 bits per heavy atom. The van der Waals surface area contributed by atoms with E-state index in [0.717, 1.165) is 24.7 Å². The summed E-state index contributed by atoms with van der Waals surface area (Å²) in [4.78, 5) is 6.84. The molecule has 0 bridgehead atoms. The molecule has 0 spiro atoms. The lowest BCUT2D eigenvalue weighted by molar-refractivity contribution is 0.355. The van der Waals surface area contributed by atoms with E-state index < -0.39 is 0 Å². The molecule has 2 N–H and O–H groups in total. The van der Waals surface area contributed by atoms with Crippen molar-refractivity contribution >= 4 is 11.6 Å². The van der Waals surface area contributed by atoms with Gasteiger partial charge in [0.2, 0.25) is 0 Å². The highest BCUT2D eigenvalue weighted by Gasteiger charge is 2.06. The number of rotatable bonds is 8. The summed E-state index contributed by atoms with van der Waals surface area (Å²) in [6.07, 6.45) is 0. The molecule has 0 saturated heterocycles. The monoisotopic (exact) mass is 370 g/mol. The normalized spacial score (nSPS) is 11.4. The Morgan fingerprint density at radius 3 is 2.22 bits per heavy atom. The molecule has 0 aliphatic rings. The fourth-order valence-corrected chi connectivity index (χ4v) is 2.64. The van der Waals surface area contributed by atoms with Gasteiger partial charge in [-0.15, -0.1) is 0 Å². The van der Waals surface area contributed by atoms with Crippen LogP contribution in [-0.2, 0) is 13.1 Å². The summed E-state index contributed by atoms with van der Waals surface area (Å²) in [6, 6.07) is 14.3. The number of guanidine groups is 1. The van der Waals surface area contributed by atoms with Crippen molar-refractivity contribution in [2.24, 2.45) is 4.99 Å². The number of nitrogens with one attached hydrogen (secondary N) is 2. The fraction of sp³-hybridized carbons (Fsp3) is 0.381. The Labute approximate surface area is 162 Å². The Balaban J connectivity index is 2.07. The smallest absolute Gasteiger partial charge is 0.196 e. The van der Waals surface area contributed by atoms with Crippen LogP contribution >= 0.6 is 0 Å². The van der Waals surface area contributed by atoms with Gasteiger partial charge in [0.05, 0.1) is 20.8 Å². The van der Waals surface area contributed by atoms with Crippen LogP contribution in [0.2, 0.25) is 0 Å². The predicted molar refractivity (Wildman–Crippen MR) is 112 cm³/mol. The zero-order chi connectivity index (χ0) is 19.6. The summed E-state index contributed by atoms with van der Waals surface area (Å²) >= 11 is 0. The number of hydrogen-bond donors (Lipinski definition) is 2. The van der Waals surface area contributed by atoms with Gasteiger partial charge in [-0.25, -0.2) is 4.99 Å². The van der Waals surface area contributed by atoms with Crippen molar-refractivity contribution in [3.63, 3.8) is 0 Å².